The van der Waals surface area contributed by atoms with E-state index in [1.807, 2.05) is 24.4 Å². The Kier molecular flexibility index (Phi) is 3.16. The molecular formula is C11H13N3O2. The number of pyridine rings is 1. The Balaban J connectivity index is 2.11. The number of rotatable bonds is 4. The number of carbonyl (C=O) groups excluding carboxylic acids is 1. The fourth-order valence-electron chi connectivity index (χ4n) is 1.42. The number of hydrogen-bond acceptors (Lipinski definition) is 3. The first-order chi connectivity index (χ1) is 7.81. The Bertz CT molecular complexity index is 460. The molecular weight excluding hydrogens is 206 g/mol. The van der Waals surface area contributed by atoms with Crippen LogP contribution >= 0.6 is 0 Å². The molecule has 0 radical (unpaired) electrons. The number of aliphatic hydroxyl groups is 1. The highest BCUT2D eigenvalue weighted by Gasteiger charge is 2.09. The molecule has 16 heavy (non-hydrogen) atoms. The molecule has 0 saturated heterocycles. The third-order valence-electron chi connectivity index (χ3n) is 2.22. The lowest BCUT2D eigenvalue weighted by molar-refractivity contribution is 0.0947. The van der Waals surface area contributed by atoms with Gasteiger partial charge in [-0.05, 0) is 18.6 Å². The van der Waals surface area contributed by atoms with Gasteiger partial charge in [0.05, 0.1) is 0 Å². The number of nitrogens with zero attached hydrogens (tertiary/aromatic N) is 2. The van der Waals surface area contributed by atoms with Crippen LogP contribution in [0.4, 0.5) is 0 Å². The second kappa shape index (κ2) is 4.76. The average Bonchev–Trinajstić information content (AvgIpc) is 2.73. The summed E-state index contributed by atoms with van der Waals surface area (Å²) >= 11 is 0. The number of carbonyl (C=O) groups is 1. The lowest BCUT2D eigenvalue weighted by atomic mass is 10.4. The first kappa shape index (κ1) is 10.6. The van der Waals surface area contributed by atoms with Crippen LogP contribution in [-0.2, 0) is 0 Å². The molecule has 2 aromatic rings. The third kappa shape index (κ3) is 2.20. The van der Waals surface area contributed by atoms with Gasteiger partial charge in [-0.1, -0.05) is 6.07 Å². The minimum atomic E-state index is -0.211. The van der Waals surface area contributed by atoms with Crippen LogP contribution in [0.25, 0.3) is 5.65 Å². The number of fused-ring (bicyclic) bond motifs is 1. The van der Waals surface area contributed by atoms with Gasteiger partial charge in [0, 0.05) is 25.5 Å². The summed E-state index contributed by atoms with van der Waals surface area (Å²) in [4.78, 5) is 15.8. The van der Waals surface area contributed by atoms with Crippen LogP contribution in [0.3, 0.4) is 0 Å². The number of amides is 1. The second-order valence-corrected chi connectivity index (χ2v) is 3.43. The topological polar surface area (TPSA) is 66.6 Å². The van der Waals surface area contributed by atoms with Crippen molar-refractivity contribution in [2.24, 2.45) is 0 Å². The van der Waals surface area contributed by atoms with Crippen molar-refractivity contribution >= 4 is 11.6 Å². The highest BCUT2D eigenvalue weighted by molar-refractivity contribution is 5.92. The SMILES string of the molecule is O=C(NCCCO)c1cn2ccccc2n1. The summed E-state index contributed by atoms with van der Waals surface area (Å²) in [7, 11) is 0. The van der Waals surface area contributed by atoms with Gasteiger partial charge in [-0.2, -0.15) is 0 Å². The Morgan fingerprint density at radius 1 is 1.50 bits per heavy atom. The molecule has 0 aromatic carbocycles. The first-order valence-electron chi connectivity index (χ1n) is 5.14. The van der Waals surface area contributed by atoms with Crippen molar-refractivity contribution in [1.29, 1.82) is 0 Å². The predicted octanol–water partition coefficient (Wildman–Crippen LogP) is 0.446. The molecule has 0 atom stereocenters. The van der Waals surface area contributed by atoms with Gasteiger partial charge in [0.15, 0.2) is 0 Å². The smallest absolute Gasteiger partial charge is 0.271 e. The second-order valence-electron chi connectivity index (χ2n) is 3.43. The highest BCUT2D eigenvalue weighted by Crippen LogP contribution is 2.03. The van der Waals surface area contributed by atoms with Gasteiger partial charge in [-0.25, -0.2) is 4.98 Å². The van der Waals surface area contributed by atoms with E-state index in [0.29, 0.717) is 18.7 Å². The van der Waals surface area contributed by atoms with E-state index in [4.69, 9.17) is 5.11 Å². The van der Waals surface area contributed by atoms with Crippen molar-refractivity contribution in [2.75, 3.05) is 13.2 Å². The van der Waals surface area contributed by atoms with E-state index in [1.54, 1.807) is 10.6 Å². The van der Waals surface area contributed by atoms with Crippen LogP contribution in [0.5, 0.6) is 0 Å². The van der Waals surface area contributed by atoms with E-state index < -0.39 is 0 Å². The van der Waals surface area contributed by atoms with Gasteiger partial charge < -0.3 is 14.8 Å². The van der Waals surface area contributed by atoms with Crippen LogP contribution in [0, 0.1) is 0 Å². The summed E-state index contributed by atoms with van der Waals surface area (Å²) in [6.45, 7) is 0.536. The van der Waals surface area contributed by atoms with Crippen LogP contribution in [0.15, 0.2) is 30.6 Å². The Morgan fingerprint density at radius 3 is 3.12 bits per heavy atom. The molecule has 2 heterocycles. The number of nitrogens with one attached hydrogen (secondary N) is 1. The fraction of sp³-hybridized carbons (Fsp3) is 0.273. The lowest BCUT2D eigenvalue weighted by Crippen LogP contribution is -2.25. The van der Waals surface area contributed by atoms with E-state index >= 15 is 0 Å². The largest absolute Gasteiger partial charge is 0.396 e. The molecule has 0 aliphatic carbocycles. The fourth-order valence-corrected chi connectivity index (χ4v) is 1.42. The van der Waals surface area contributed by atoms with Gasteiger partial charge >= 0.3 is 0 Å². The number of aromatic nitrogens is 2. The molecule has 84 valence electrons. The monoisotopic (exact) mass is 219 g/mol. The number of imidazole rings is 1. The van der Waals surface area contributed by atoms with Crippen LogP contribution in [-0.4, -0.2) is 33.6 Å². The predicted molar refractivity (Wildman–Crippen MR) is 59.2 cm³/mol. The first-order valence-corrected chi connectivity index (χ1v) is 5.14. The summed E-state index contributed by atoms with van der Waals surface area (Å²) in [5, 5.41) is 11.3. The summed E-state index contributed by atoms with van der Waals surface area (Å²) in [6, 6.07) is 5.59. The maximum absolute atomic E-state index is 11.6. The maximum atomic E-state index is 11.6. The average molecular weight is 219 g/mol. The Labute approximate surface area is 92.7 Å². The molecule has 2 rings (SSSR count). The van der Waals surface area contributed by atoms with Crippen molar-refractivity contribution in [3.63, 3.8) is 0 Å². The Morgan fingerprint density at radius 2 is 2.38 bits per heavy atom. The van der Waals surface area contributed by atoms with E-state index in [-0.39, 0.29) is 12.5 Å². The molecule has 5 heteroatoms. The van der Waals surface area contributed by atoms with Crippen molar-refractivity contribution in [3.8, 4) is 0 Å². The minimum Gasteiger partial charge on any atom is -0.396 e. The van der Waals surface area contributed by atoms with Crippen LogP contribution in [0.2, 0.25) is 0 Å². The standard InChI is InChI=1S/C11H13N3O2/c15-7-3-5-12-11(16)9-8-14-6-2-1-4-10(14)13-9/h1-2,4,6,8,15H,3,5,7H2,(H,12,16). The minimum absolute atomic E-state index is 0.0748. The van der Waals surface area contributed by atoms with Crippen molar-refractivity contribution in [3.05, 3.63) is 36.3 Å². The van der Waals surface area contributed by atoms with Gasteiger partial charge in [0.25, 0.3) is 5.91 Å². The van der Waals surface area contributed by atoms with Gasteiger partial charge in [-0.15, -0.1) is 0 Å². The zero-order chi connectivity index (χ0) is 11.4. The molecule has 0 saturated carbocycles. The molecule has 0 bridgehead atoms. The zero-order valence-electron chi connectivity index (χ0n) is 8.76. The lowest BCUT2D eigenvalue weighted by Gasteiger charge is -1.99. The summed E-state index contributed by atoms with van der Waals surface area (Å²) in [6.07, 6.45) is 4.08. The van der Waals surface area contributed by atoms with E-state index in [2.05, 4.69) is 10.3 Å². The maximum Gasteiger partial charge on any atom is 0.271 e. The number of aliphatic hydroxyl groups excluding tert-OH is 1. The normalized spacial score (nSPS) is 10.6. The molecule has 0 fully saturated rings. The Hall–Kier alpha value is -1.88. The summed E-state index contributed by atoms with van der Waals surface area (Å²) < 4.78 is 1.79. The van der Waals surface area contributed by atoms with Crippen molar-refractivity contribution < 1.29 is 9.90 Å². The van der Waals surface area contributed by atoms with E-state index in [1.165, 1.54) is 0 Å². The molecule has 0 aliphatic heterocycles. The van der Waals surface area contributed by atoms with E-state index in [9.17, 15) is 4.79 Å². The molecule has 2 N–H and O–H groups in total. The van der Waals surface area contributed by atoms with Crippen LogP contribution < -0.4 is 5.32 Å². The molecule has 2 aromatic heterocycles. The van der Waals surface area contributed by atoms with Crippen LogP contribution in [0.1, 0.15) is 16.9 Å². The van der Waals surface area contributed by atoms with Crippen molar-refractivity contribution in [1.82, 2.24) is 14.7 Å². The third-order valence-corrected chi connectivity index (χ3v) is 2.22. The number of hydrogen-bond donors (Lipinski definition) is 2. The quantitative estimate of drug-likeness (QED) is 0.733. The molecule has 5 nitrogen and oxygen atoms in total. The summed E-state index contributed by atoms with van der Waals surface area (Å²) in [5.74, 6) is -0.211. The van der Waals surface area contributed by atoms with Crippen molar-refractivity contribution in [2.45, 2.75) is 6.42 Å². The van der Waals surface area contributed by atoms with Gasteiger partial charge in [-0.3, -0.25) is 4.79 Å². The molecule has 0 unspecified atom stereocenters. The van der Waals surface area contributed by atoms with Gasteiger partial charge in [0.2, 0.25) is 0 Å². The van der Waals surface area contributed by atoms with Gasteiger partial charge in [0.1, 0.15) is 11.3 Å². The molecule has 1 amide bonds. The zero-order valence-corrected chi connectivity index (χ0v) is 8.76. The molecule has 0 spiro atoms. The van der Waals surface area contributed by atoms with E-state index in [0.717, 1.165) is 5.65 Å². The molecule has 0 aliphatic rings. The summed E-state index contributed by atoms with van der Waals surface area (Å²) in [5.41, 5.74) is 1.14. The highest BCUT2D eigenvalue weighted by atomic mass is 16.3.